The van der Waals surface area contributed by atoms with Crippen LogP contribution in [0, 0.1) is 11.3 Å². The maximum absolute atomic E-state index is 12.7. The highest BCUT2D eigenvalue weighted by atomic mass is 16.5. The summed E-state index contributed by atoms with van der Waals surface area (Å²) in [5, 5.41) is 14.5. The molecular weight excluding hydrogens is 420 g/mol. The monoisotopic (exact) mass is 450 g/mol. The second-order valence-electron chi connectivity index (χ2n) is 9.23. The van der Waals surface area contributed by atoms with Crippen LogP contribution in [0.4, 0.5) is 4.79 Å². The summed E-state index contributed by atoms with van der Waals surface area (Å²) in [5.41, 5.74) is 4.00. The predicted molar refractivity (Wildman–Crippen MR) is 124 cm³/mol. The number of hydrogen-bond donors (Lipinski definition) is 3. The topological polar surface area (TPSA) is 105 Å². The number of ether oxygens (including phenoxy) is 1. The van der Waals surface area contributed by atoms with Gasteiger partial charge in [-0.05, 0) is 41.0 Å². The molecular formula is C26H30N2O5. The van der Waals surface area contributed by atoms with E-state index in [0.717, 1.165) is 17.5 Å². The minimum absolute atomic E-state index is 0.00524. The first-order valence-electron chi connectivity index (χ1n) is 11.5. The molecule has 2 aliphatic carbocycles. The highest BCUT2D eigenvalue weighted by molar-refractivity contribution is 5.84. The molecule has 7 nitrogen and oxygen atoms in total. The molecule has 0 radical (unpaired) electrons. The maximum atomic E-state index is 12.7. The van der Waals surface area contributed by atoms with Crippen LogP contribution in [0.3, 0.4) is 0 Å². The zero-order valence-electron chi connectivity index (χ0n) is 18.8. The van der Waals surface area contributed by atoms with Gasteiger partial charge < -0.3 is 20.5 Å². The van der Waals surface area contributed by atoms with E-state index >= 15 is 0 Å². The second-order valence-corrected chi connectivity index (χ2v) is 9.23. The molecule has 1 unspecified atom stereocenters. The molecule has 1 saturated carbocycles. The van der Waals surface area contributed by atoms with Crippen molar-refractivity contribution in [2.45, 2.75) is 38.5 Å². The lowest BCUT2D eigenvalue weighted by Gasteiger charge is -2.40. The number of nitrogens with one attached hydrogen (secondary N) is 2. The van der Waals surface area contributed by atoms with Gasteiger partial charge in [0.1, 0.15) is 6.61 Å². The van der Waals surface area contributed by atoms with E-state index in [4.69, 9.17) is 9.84 Å². The Morgan fingerprint density at radius 2 is 1.64 bits per heavy atom. The number of fused-ring (bicyclic) bond motifs is 3. The molecule has 7 heteroatoms. The van der Waals surface area contributed by atoms with Crippen LogP contribution in [0.2, 0.25) is 0 Å². The van der Waals surface area contributed by atoms with Gasteiger partial charge in [0, 0.05) is 25.4 Å². The van der Waals surface area contributed by atoms with Crippen molar-refractivity contribution in [1.29, 1.82) is 0 Å². The van der Waals surface area contributed by atoms with E-state index < -0.39 is 17.5 Å². The van der Waals surface area contributed by atoms with Crippen LogP contribution >= 0.6 is 0 Å². The number of alkyl carbamates (subject to hydrolysis) is 1. The van der Waals surface area contributed by atoms with Crippen molar-refractivity contribution in [1.82, 2.24) is 10.6 Å². The molecule has 2 amide bonds. The van der Waals surface area contributed by atoms with E-state index in [2.05, 4.69) is 34.9 Å². The van der Waals surface area contributed by atoms with E-state index in [-0.39, 0.29) is 37.3 Å². The fraction of sp³-hybridized carbons (Fsp3) is 0.423. The summed E-state index contributed by atoms with van der Waals surface area (Å²) in [5.74, 6) is -1.18. The van der Waals surface area contributed by atoms with Gasteiger partial charge in [-0.2, -0.15) is 0 Å². The lowest BCUT2D eigenvalue weighted by atomic mass is 9.68. The summed E-state index contributed by atoms with van der Waals surface area (Å²) in [7, 11) is 0. The van der Waals surface area contributed by atoms with E-state index in [0.29, 0.717) is 19.4 Å². The standard InChI is InChI=1S/C26H30N2O5/c1-17(13-23(29)30)14-27-24(31)26(11-6-12-26)16-28-25(32)33-15-22-20-9-4-2-7-18(20)19-8-3-5-10-21(19)22/h2-5,7-10,17,22H,6,11-16H2,1H3,(H,27,31)(H,28,32)(H,29,30). The fourth-order valence-electron chi connectivity index (χ4n) is 4.80. The number of rotatable bonds is 9. The molecule has 2 aromatic carbocycles. The van der Waals surface area contributed by atoms with Crippen molar-refractivity contribution in [3.8, 4) is 11.1 Å². The number of carbonyl (C=O) groups excluding carboxylic acids is 2. The zero-order chi connectivity index (χ0) is 23.4. The van der Waals surface area contributed by atoms with Crippen molar-refractivity contribution in [2.24, 2.45) is 11.3 Å². The molecule has 0 saturated heterocycles. The molecule has 1 atom stereocenters. The molecule has 0 bridgehead atoms. The highest BCUT2D eigenvalue weighted by Crippen LogP contribution is 2.44. The molecule has 0 heterocycles. The predicted octanol–water partition coefficient (Wildman–Crippen LogP) is 3.92. The number of amides is 2. The number of benzene rings is 2. The van der Waals surface area contributed by atoms with Crippen LogP contribution in [0.5, 0.6) is 0 Å². The Balaban J connectivity index is 1.30. The first-order valence-corrected chi connectivity index (χ1v) is 11.5. The summed E-state index contributed by atoms with van der Waals surface area (Å²) in [6.07, 6.45) is 1.77. The number of aliphatic carboxylic acids is 1. The van der Waals surface area contributed by atoms with Gasteiger partial charge >= 0.3 is 12.1 Å². The lowest BCUT2D eigenvalue weighted by Crippen LogP contribution is -2.53. The average molecular weight is 451 g/mol. The summed E-state index contributed by atoms with van der Waals surface area (Å²) in [6, 6.07) is 16.3. The fourth-order valence-corrected chi connectivity index (χ4v) is 4.80. The van der Waals surface area contributed by atoms with Crippen LogP contribution in [0.15, 0.2) is 48.5 Å². The second kappa shape index (κ2) is 9.65. The minimum Gasteiger partial charge on any atom is -0.481 e. The van der Waals surface area contributed by atoms with E-state index in [9.17, 15) is 14.4 Å². The van der Waals surface area contributed by atoms with Gasteiger partial charge in [-0.15, -0.1) is 0 Å². The van der Waals surface area contributed by atoms with Gasteiger partial charge in [0.25, 0.3) is 0 Å². The Kier molecular flexibility index (Phi) is 6.67. The average Bonchev–Trinajstić information content (AvgIpc) is 3.09. The van der Waals surface area contributed by atoms with E-state index in [1.807, 2.05) is 24.3 Å². The van der Waals surface area contributed by atoms with Crippen molar-refractivity contribution < 1.29 is 24.2 Å². The van der Waals surface area contributed by atoms with Gasteiger partial charge in [-0.1, -0.05) is 61.9 Å². The summed E-state index contributed by atoms with van der Waals surface area (Å²) < 4.78 is 5.58. The quantitative estimate of drug-likeness (QED) is 0.537. The Morgan fingerprint density at radius 3 is 2.18 bits per heavy atom. The first-order chi connectivity index (χ1) is 15.9. The molecule has 3 N–H and O–H groups in total. The van der Waals surface area contributed by atoms with Crippen LogP contribution in [-0.4, -0.2) is 42.8 Å². The SMILES string of the molecule is CC(CNC(=O)C1(CNC(=O)OCC2c3ccccc3-c3ccccc32)CCC1)CC(=O)O. The van der Waals surface area contributed by atoms with Gasteiger partial charge in [-0.3, -0.25) is 9.59 Å². The molecule has 1 fully saturated rings. The summed E-state index contributed by atoms with van der Waals surface area (Å²) in [6.45, 7) is 2.53. The molecule has 174 valence electrons. The number of carboxylic acid groups (broad SMARTS) is 1. The Bertz CT molecular complexity index is 1000. The van der Waals surface area contributed by atoms with Crippen LogP contribution in [0.25, 0.3) is 11.1 Å². The van der Waals surface area contributed by atoms with Gasteiger partial charge in [0.05, 0.1) is 5.41 Å². The van der Waals surface area contributed by atoms with Crippen molar-refractivity contribution in [2.75, 3.05) is 19.7 Å². The smallest absolute Gasteiger partial charge is 0.407 e. The third-order valence-electron chi connectivity index (χ3n) is 6.84. The minimum atomic E-state index is -0.882. The van der Waals surface area contributed by atoms with Crippen LogP contribution < -0.4 is 10.6 Å². The number of carboxylic acids is 1. The van der Waals surface area contributed by atoms with Crippen molar-refractivity contribution >= 4 is 18.0 Å². The first kappa shape index (κ1) is 22.8. The van der Waals surface area contributed by atoms with Crippen molar-refractivity contribution in [3.63, 3.8) is 0 Å². The van der Waals surface area contributed by atoms with E-state index in [1.165, 1.54) is 11.1 Å². The lowest BCUT2D eigenvalue weighted by molar-refractivity contribution is -0.139. The van der Waals surface area contributed by atoms with E-state index in [1.54, 1.807) is 6.92 Å². The van der Waals surface area contributed by atoms with Gasteiger partial charge in [0.2, 0.25) is 5.91 Å². The molecule has 0 aromatic heterocycles. The van der Waals surface area contributed by atoms with Crippen LogP contribution in [-0.2, 0) is 14.3 Å². The largest absolute Gasteiger partial charge is 0.481 e. The molecule has 2 aliphatic rings. The molecule has 0 spiro atoms. The Morgan fingerprint density at radius 1 is 1.03 bits per heavy atom. The third kappa shape index (κ3) is 4.87. The molecule has 0 aliphatic heterocycles. The maximum Gasteiger partial charge on any atom is 0.407 e. The zero-order valence-corrected chi connectivity index (χ0v) is 18.8. The third-order valence-corrected chi connectivity index (χ3v) is 6.84. The summed E-state index contributed by atoms with van der Waals surface area (Å²) in [4.78, 5) is 36.0. The van der Waals surface area contributed by atoms with Crippen LogP contribution in [0.1, 0.15) is 49.7 Å². The molecule has 33 heavy (non-hydrogen) atoms. The van der Waals surface area contributed by atoms with Crippen molar-refractivity contribution in [3.05, 3.63) is 59.7 Å². The number of hydrogen-bond acceptors (Lipinski definition) is 4. The summed E-state index contributed by atoms with van der Waals surface area (Å²) >= 11 is 0. The van der Waals surface area contributed by atoms with Gasteiger partial charge in [0.15, 0.2) is 0 Å². The molecule has 4 rings (SSSR count). The Labute approximate surface area is 193 Å². The van der Waals surface area contributed by atoms with Gasteiger partial charge in [-0.25, -0.2) is 4.79 Å². The normalized spacial score (nSPS) is 16.6. The highest BCUT2D eigenvalue weighted by Gasteiger charge is 2.44. The molecule has 2 aromatic rings. The number of carbonyl (C=O) groups is 3. The Hall–Kier alpha value is -3.35.